The zero-order chi connectivity index (χ0) is 20.3. The summed E-state index contributed by atoms with van der Waals surface area (Å²) in [5.74, 6) is 0.242. The first-order chi connectivity index (χ1) is 13.7. The average molecular weight is 391 g/mol. The molecule has 1 saturated heterocycles. The smallest absolute Gasteiger partial charge is 0.219 e. The van der Waals surface area contributed by atoms with Gasteiger partial charge in [-0.2, -0.15) is 0 Å². The molecule has 1 rings (SSSR count). The molecule has 1 unspecified atom stereocenters. The molecule has 1 atom stereocenters. The Bertz CT molecular complexity index is 430. The summed E-state index contributed by atoms with van der Waals surface area (Å²) >= 11 is 0. The Hall–Kier alpha value is -1.09. The molecule has 1 fully saturated rings. The van der Waals surface area contributed by atoms with Gasteiger partial charge in [-0.25, -0.2) is 0 Å². The van der Waals surface area contributed by atoms with Gasteiger partial charge in [0.05, 0.1) is 0 Å². The van der Waals surface area contributed by atoms with Crippen LogP contribution in [0.5, 0.6) is 0 Å². The Kier molecular flexibility index (Phi) is 16.0. The van der Waals surface area contributed by atoms with E-state index in [1.54, 1.807) is 0 Å². The largest absolute Gasteiger partial charge is 0.356 e. The molecule has 28 heavy (non-hydrogen) atoms. The van der Waals surface area contributed by atoms with Gasteiger partial charge < -0.3 is 10.2 Å². The highest BCUT2D eigenvalue weighted by atomic mass is 16.1. The molecule has 1 amide bonds. The van der Waals surface area contributed by atoms with Crippen molar-refractivity contribution in [2.24, 2.45) is 0 Å². The number of hydrogen-bond donors (Lipinski definition) is 1. The lowest BCUT2D eigenvalue weighted by molar-refractivity contribution is -0.121. The summed E-state index contributed by atoms with van der Waals surface area (Å²) in [6.07, 6.45) is 27.2. The van der Waals surface area contributed by atoms with Crippen molar-refractivity contribution in [1.82, 2.24) is 10.2 Å². The standard InChI is InChI=1S/C25H46N2O/c1-3-4-5-6-7-8-9-10-11-12-13-14-15-16-17-20-25(28)26-22-21-24-19-18-23-27(24)2/h7-8,10-11,24H,3-6,9,12-23H2,1-2H3,(H,26,28)/b8-7-,11-10-. The van der Waals surface area contributed by atoms with Gasteiger partial charge in [-0.05, 0) is 71.4 Å². The SMILES string of the molecule is CCCCC/C=C\C/C=C\CCCCCCCC(=O)NCCC1CCCN1C. The lowest BCUT2D eigenvalue weighted by Crippen LogP contribution is -2.31. The molecule has 0 radical (unpaired) electrons. The minimum atomic E-state index is 0.242. The van der Waals surface area contributed by atoms with E-state index in [1.807, 2.05) is 0 Å². The molecular formula is C25H46N2O. The van der Waals surface area contributed by atoms with Gasteiger partial charge >= 0.3 is 0 Å². The van der Waals surface area contributed by atoms with Crippen molar-refractivity contribution in [2.75, 3.05) is 20.1 Å². The number of amides is 1. The zero-order valence-corrected chi connectivity index (χ0v) is 18.8. The first-order valence-electron chi connectivity index (χ1n) is 12.0. The van der Waals surface area contributed by atoms with Crippen molar-refractivity contribution < 1.29 is 4.79 Å². The number of nitrogens with one attached hydrogen (secondary N) is 1. The van der Waals surface area contributed by atoms with Crippen LogP contribution in [0.3, 0.4) is 0 Å². The fourth-order valence-corrected chi connectivity index (χ4v) is 3.91. The van der Waals surface area contributed by atoms with Crippen molar-refractivity contribution in [3.8, 4) is 0 Å². The van der Waals surface area contributed by atoms with E-state index in [-0.39, 0.29) is 5.91 Å². The number of nitrogens with zero attached hydrogens (tertiary/aromatic N) is 1. The monoisotopic (exact) mass is 390 g/mol. The van der Waals surface area contributed by atoms with Gasteiger partial charge in [0, 0.05) is 19.0 Å². The highest BCUT2D eigenvalue weighted by Gasteiger charge is 2.20. The number of carbonyl (C=O) groups excluding carboxylic acids is 1. The van der Waals surface area contributed by atoms with Crippen molar-refractivity contribution in [3.05, 3.63) is 24.3 Å². The molecule has 3 heteroatoms. The second-order valence-corrected chi connectivity index (χ2v) is 8.40. The molecule has 3 nitrogen and oxygen atoms in total. The van der Waals surface area contributed by atoms with Crippen molar-refractivity contribution >= 4 is 5.91 Å². The summed E-state index contributed by atoms with van der Waals surface area (Å²) in [5, 5.41) is 3.10. The van der Waals surface area contributed by atoms with Gasteiger partial charge in [-0.3, -0.25) is 4.79 Å². The van der Waals surface area contributed by atoms with Crippen LogP contribution < -0.4 is 5.32 Å². The summed E-state index contributed by atoms with van der Waals surface area (Å²) in [7, 11) is 2.20. The molecule has 0 spiro atoms. The fourth-order valence-electron chi connectivity index (χ4n) is 3.91. The van der Waals surface area contributed by atoms with Crippen LogP contribution in [0.4, 0.5) is 0 Å². The number of allylic oxidation sites excluding steroid dienone is 4. The van der Waals surface area contributed by atoms with Crippen LogP contribution in [0.25, 0.3) is 0 Å². The van der Waals surface area contributed by atoms with Crippen LogP contribution in [-0.4, -0.2) is 37.0 Å². The van der Waals surface area contributed by atoms with Crippen LogP contribution in [0, 0.1) is 0 Å². The molecule has 0 bridgehead atoms. The molecular weight excluding hydrogens is 344 g/mol. The fraction of sp³-hybridized carbons (Fsp3) is 0.800. The van der Waals surface area contributed by atoms with Gasteiger partial charge in [0.25, 0.3) is 0 Å². The van der Waals surface area contributed by atoms with E-state index >= 15 is 0 Å². The second kappa shape index (κ2) is 18.0. The van der Waals surface area contributed by atoms with Crippen LogP contribution in [0.2, 0.25) is 0 Å². The van der Waals surface area contributed by atoms with Gasteiger partial charge in [-0.15, -0.1) is 0 Å². The topological polar surface area (TPSA) is 32.3 Å². The van der Waals surface area contributed by atoms with Gasteiger partial charge in [0.1, 0.15) is 0 Å². The molecule has 0 aromatic rings. The van der Waals surface area contributed by atoms with E-state index in [0.29, 0.717) is 12.5 Å². The van der Waals surface area contributed by atoms with Gasteiger partial charge in [-0.1, -0.05) is 63.3 Å². The average Bonchev–Trinajstić information content (AvgIpc) is 3.10. The van der Waals surface area contributed by atoms with E-state index in [4.69, 9.17) is 0 Å². The van der Waals surface area contributed by atoms with E-state index in [0.717, 1.165) is 25.8 Å². The van der Waals surface area contributed by atoms with E-state index in [2.05, 4.69) is 48.5 Å². The molecule has 0 aromatic carbocycles. The predicted octanol–water partition coefficient (Wildman–Crippen LogP) is 6.40. The van der Waals surface area contributed by atoms with Crippen LogP contribution in [0.1, 0.15) is 103 Å². The third-order valence-corrected chi connectivity index (χ3v) is 5.83. The first kappa shape index (κ1) is 24.9. The summed E-state index contributed by atoms with van der Waals surface area (Å²) < 4.78 is 0. The molecule has 1 aliphatic rings. The lowest BCUT2D eigenvalue weighted by atomic mass is 10.1. The predicted molar refractivity (Wildman–Crippen MR) is 123 cm³/mol. The normalized spacial score (nSPS) is 17.9. The van der Waals surface area contributed by atoms with Gasteiger partial charge in [0.15, 0.2) is 0 Å². The van der Waals surface area contributed by atoms with Gasteiger partial charge in [0.2, 0.25) is 5.91 Å². The quantitative estimate of drug-likeness (QED) is 0.230. The number of rotatable bonds is 17. The molecule has 0 aliphatic carbocycles. The summed E-state index contributed by atoms with van der Waals surface area (Å²) in [6.45, 7) is 4.31. The number of hydrogen-bond acceptors (Lipinski definition) is 2. The Morgan fingerprint density at radius 3 is 2.32 bits per heavy atom. The minimum Gasteiger partial charge on any atom is -0.356 e. The number of carbonyl (C=O) groups is 1. The maximum Gasteiger partial charge on any atom is 0.219 e. The second-order valence-electron chi connectivity index (χ2n) is 8.40. The van der Waals surface area contributed by atoms with E-state index < -0.39 is 0 Å². The summed E-state index contributed by atoms with van der Waals surface area (Å²) in [6, 6.07) is 0.677. The van der Waals surface area contributed by atoms with Crippen LogP contribution in [-0.2, 0) is 4.79 Å². The molecule has 162 valence electrons. The highest BCUT2D eigenvalue weighted by Crippen LogP contribution is 2.17. The van der Waals surface area contributed by atoms with Crippen LogP contribution >= 0.6 is 0 Å². The van der Waals surface area contributed by atoms with E-state index in [9.17, 15) is 4.79 Å². The molecule has 1 aliphatic heterocycles. The first-order valence-corrected chi connectivity index (χ1v) is 12.0. The molecule has 0 saturated carbocycles. The minimum absolute atomic E-state index is 0.242. The Labute approximate surface area is 175 Å². The Morgan fingerprint density at radius 2 is 1.64 bits per heavy atom. The molecule has 1 heterocycles. The number of likely N-dealkylation sites (tertiary alicyclic amines) is 1. The maximum absolute atomic E-state index is 11.9. The molecule has 1 N–H and O–H groups in total. The Balaban J connectivity index is 1.81. The third-order valence-electron chi connectivity index (χ3n) is 5.83. The maximum atomic E-state index is 11.9. The molecule has 0 aromatic heterocycles. The lowest BCUT2D eigenvalue weighted by Gasteiger charge is -2.19. The van der Waals surface area contributed by atoms with E-state index in [1.165, 1.54) is 77.2 Å². The summed E-state index contributed by atoms with van der Waals surface area (Å²) in [5.41, 5.74) is 0. The van der Waals surface area contributed by atoms with Crippen molar-refractivity contribution in [3.63, 3.8) is 0 Å². The number of unbranched alkanes of at least 4 members (excludes halogenated alkanes) is 8. The Morgan fingerprint density at radius 1 is 0.964 bits per heavy atom. The van der Waals surface area contributed by atoms with Crippen LogP contribution in [0.15, 0.2) is 24.3 Å². The van der Waals surface area contributed by atoms with Crippen molar-refractivity contribution in [2.45, 2.75) is 109 Å². The highest BCUT2D eigenvalue weighted by molar-refractivity contribution is 5.75. The third kappa shape index (κ3) is 14.0. The van der Waals surface area contributed by atoms with Crippen molar-refractivity contribution in [1.29, 1.82) is 0 Å². The zero-order valence-electron chi connectivity index (χ0n) is 18.8. The summed E-state index contributed by atoms with van der Waals surface area (Å²) in [4.78, 5) is 14.3.